The Labute approximate surface area is 165 Å². The lowest BCUT2D eigenvalue weighted by atomic mass is 9.77. The number of rotatable bonds is 3. The third-order valence-corrected chi connectivity index (χ3v) is 6.12. The van der Waals surface area contributed by atoms with Crippen LogP contribution in [0, 0.1) is 5.41 Å². The highest BCUT2D eigenvalue weighted by Crippen LogP contribution is 2.51. The van der Waals surface area contributed by atoms with Gasteiger partial charge in [-0.2, -0.15) is 0 Å². The Balaban J connectivity index is 1.81. The first-order valence-corrected chi connectivity index (χ1v) is 9.73. The van der Waals surface area contributed by atoms with Crippen LogP contribution in [0.15, 0.2) is 78.9 Å². The summed E-state index contributed by atoms with van der Waals surface area (Å²) in [6.07, 6.45) is 0. The molecule has 140 valence electrons. The topological polar surface area (TPSA) is 38.3 Å². The first-order valence-electron chi connectivity index (χ1n) is 9.73. The Hall–Kier alpha value is -2.91. The minimum Gasteiger partial charge on any atom is -0.464 e. The van der Waals surface area contributed by atoms with E-state index in [0.717, 1.165) is 5.56 Å². The maximum absolute atomic E-state index is 12.7. The summed E-state index contributed by atoms with van der Waals surface area (Å²) < 4.78 is 5.45. The molecule has 3 aromatic rings. The van der Waals surface area contributed by atoms with Gasteiger partial charge >= 0.3 is 5.97 Å². The molecule has 0 saturated carbocycles. The first-order chi connectivity index (χ1) is 13.5. The van der Waals surface area contributed by atoms with Crippen molar-refractivity contribution in [3.05, 3.63) is 95.6 Å². The van der Waals surface area contributed by atoms with Crippen LogP contribution >= 0.6 is 0 Å². The van der Waals surface area contributed by atoms with Gasteiger partial charge in [-0.3, -0.25) is 10.1 Å². The maximum Gasteiger partial charge on any atom is 0.323 e. The maximum atomic E-state index is 12.7. The highest BCUT2D eigenvalue weighted by molar-refractivity contribution is 5.85. The average molecular weight is 369 g/mol. The predicted octanol–water partition coefficient (Wildman–Crippen LogP) is 4.50. The van der Waals surface area contributed by atoms with Crippen molar-refractivity contribution < 1.29 is 9.53 Å². The molecule has 1 aliphatic heterocycles. The normalized spacial score (nSPS) is 21.1. The van der Waals surface area contributed by atoms with E-state index in [0.29, 0.717) is 6.61 Å². The van der Waals surface area contributed by atoms with Crippen LogP contribution in [-0.4, -0.2) is 18.6 Å². The van der Waals surface area contributed by atoms with Crippen LogP contribution in [0.3, 0.4) is 0 Å². The first kappa shape index (κ1) is 17.2. The van der Waals surface area contributed by atoms with Gasteiger partial charge in [0.2, 0.25) is 0 Å². The van der Waals surface area contributed by atoms with Gasteiger partial charge in [0.15, 0.2) is 0 Å². The zero-order chi connectivity index (χ0) is 19.4. The third kappa shape index (κ3) is 2.29. The second-order valence-corrected chi connectivity index (χ2v) is 8.38. The Morgan fingerprint density at radius 3 is 1.89 bits per heavy atom. The molecular weight excluding hydrogens is 346 g/mol. The molecule has 1 N–H and O–H groups in total. The molecule has 0 aromatic heterocycles. The molecule has 3 aromatic carbocycles. The van der Waals surface area contributed by atoms with Gasteiger partial charge in [0, 0.05) is 5.41 Å². The quantitative estimate of drug-likeness (QED) is 0.691. The lowest BCUT2D eigenvalue weighted by Crippen LogP contribution is -2.54. The fraction of sp³-hybridized carbons (Fsp3) is 0.240. The van der Waals surface area contributed by atoms with Crippen molar-refractivity contribution >= 4 is 5.97 Å². The van der Waals surface area contributed by atoms with Crippen molar-refractivity contribution in [1.29, 1.82) is 0 Å². The lowest BCUT2D eigenvalue weighted by Gasteiger charge is -2.38. The van der Waals surface area contributed by atoms with Crippen molar-refractivity contribution in [2.75, 3.05) is 6.61 Å². The van der Waals surface area contributed by atoms with Crippen molar-refractivity contribution in [3.63, 3.8) is 0 Å². The average Bonchev–Trinajstić information content (AvgIpc) is 3.16. The second-order valence-electron chi connectivity index (χ2n) is 8.38. The molecule has 1 atom stereocenters. The van der Waals surface area contributed by atoms with Crippen molar-refractivity contribution in [2.45, 2.75) is 25.4 Å². The summed E-state index contributed by atoms with van der Waals surface area (Å²) in [7, 11) is 0. The zero-order valence-electron chi connectivity index (χ0n) is 16.1. The minimum atomic E-state index is -0.597. The van der Waals surface area contributed by atoms with Crippen LogP contribution in [0.2, 0.25) is 0 Å². The number of hydrogen-bond acceptors (Lipinski definition) is 3. The third-order valence-electron chi connectivity index (χ3n) is 6.12. The zero-order valence-corrected chi connectivity index (χ0v) is 16.1. The van der Waals surface area contributed by atoms with E-state index in [9.17, 15) is 4.79 Å². The summed E-state index contributed by atoms with van der Waals surface area (Å²) in [5.41, 5.74) is 5.02. The molecule has 1 saturated heterocycles. The summed E-state index contributed by atoms with van der Waals surface area (Å²) in [6, 6.07) is 27.0. The van der Waals surface area contributed by atoms with E-state index in [1.54, 1.807) is 0 Å². The predicted molar refractivity (Wildman–Crippen MR) is 110 cm³/mol. The van der Waals surface area contributed by atoms with Crippen molar-refractivity contribution in [2.24, 2.45) is 5.41 Å². The Morgan fingerprint density at radius 1 is 0.821 bits per heavy atom. The molecule has 28 heavy (non-hydrogen) atoms. The van der Waals surface area contributed by atoms with Crippen LogP contribution in [0.25, 0.3) is 11.1 Å². The summed E-state index contributed by atoms with van der Waals surface area (Å²) >= 11 is 0. The number of esters is 1. The molecular formula is C25H23NO2. The molecule has 3 heteroatoms. The number of nitrogens with one attached hydrogen (secondary N) is 1. The van der Waals surface area contributed by atoms with Crippen LogP contribution in [0.5, 0.6) is 0 Å². The molecule has 0 radical (unpaired) electrons. The molecule has 5 rings (SSSR count). The minimum absolute atomic E-state index is 0.179. The molecule has 0 amide bonds. The number of fused-ring (bicyclic) bond motifs is 3. The standard InChI is InChI=1S/C25H23NO2/c1-24(2)16-28-23(27)22(24)26-25(17-10-4-3-5-11-17)20-14-8-6-12-18(20)19-13-7-9-15-21(19)25/h3-15,22,26H,16H2,1-2H3/t22-/m0/s1. The second kappa shape index (κ2) is 6.05. The fourth-order valence-corrected chi connectivity index (χ4v) is 4.69. The van der Waals surface area contributed by atoms with E-state index in [2.05, 4.69) is 92.0 Å². The molecule has 3 nitrogen and oxygen atoms in total. The van der Waals surface area contributed by atoms with Crippen LogP contribution in [-0.2, 0) is 15.1 Å². The molecule has 0 unspecified atom stereocenters. The SMILES string of the molecule is CC1(C)COC(=O)[C@@H]1NC1(c2ccccc2)c2ccccc2-c2ccccc21. The summed E-state index contributed by atoms with van der Waals surface area (Å²) in [4.78, 5) is 12.7. The van der Waals surface area contributed by atoms with E-state index in [1.807, 2.05) is 6.07 Å². The molecule has 2 aliphatic rings. The van der Waals surface area contributed by atoms with Gasteiger partial charge in [-0.1, -0.05) is 92.7 Å². The lowest BCUT2D eigenvalue weighted by molar-refractivity contribution is -0.140. The smallest absolute Gasteiger partial charge is 0.323 e. The molecule has 0 spiro atoms. The Morgan fingerprint density at radius 2 is 1.36 bits per heavy atom. The largest absolute Gasteiger partial charge is 0.464 e. The molecule has 1 heterocycles. The van der Waals surface area contributed by atoms with Crippen LogP contribution in [0.1, 0.15) is 30.5 Å². The number of benzene rings is 3. The highest BCUT2D eigenvalue weighted by atomic mass is 16.5. The number of carbonyl (C=O) groups is 1. The molecule has 0 bridgehead atoms. The van der Waals surface area contributed by atoms with Crippen LogP contribution in [0.4, 0.5) is 0 Å². The van der Waals surface area contributed by atoms with Gasteiger partial charge in [0.1, 0.15) is 6.04 Å². The van der Waals surface area contributed by atoms with Crippen molar-refractivity contribution in [3.8, 4) is 11.1 Å². The molecule has 1 aliphatic carbocycles. The number of ether oxygens (including phenoxy) is 1. The van der Waals surface area contributed by atoms with Gasteiger partial charge in [-0.15, -0.1) is 0 Å². The fourth-order valence-electron chi connectivity index (χ4n) is 4.69. The van der Waals surface area contributed by atoms with Crippen LogP contribution < -0.4 is 5.32 Å². The van der Waals surface area contributed by atoms with Gasteiger partial charge in [-0.05, 0) is 27.8 Å². The summed E-state index contributed by atoms with van der Waals surface area (Å²) in [5, 5.41) is 3.79. The van der Waals surface area contributed by atoms with Gasteiger partial charge in [0.05, 0.1) is 12.1 Å². The van der Waals surface area contributed by atoms with E-state index in [4.69, 9.17) is 4.74 Å². The monoisotopic (exact) mass is 369 g/mol. The molecule has 1 fully saturated rings. The van der Waals surface area contributed by atoms with E-state index < -0.39 is 11.6 Å². The number of cyclic esters (lactones) is 1. The van der Waals surface area contributed by atoms with Crippen molar-refractivity contribution in [1.82, 2.24) is 5.32 Å². The van der Waals surface area contributed by atoms with Gasteiger partial charge < -0.3 is 4.74 Å². The van der Waals surface area contributed by atoms with Gasteiger partial charge in [-0.25, -0.2) is 0 Å². The van der Waals surface area contributed by atoms with Gasteiger partial charge in [0.25, 0.3) is 0 Å². The Bertz CT molecular complexity index is 1010. The summed E-state index contributed by atoms with van der Waals surface area (Å²) in [5.74, 6) is -0.179. The van der Waals surface area contributed by atoms with E-state index in [-0.39, 0.29) is 11.4 Å². The van der Waals surface area contributed by atoms with E-state index >= 15 is 0 Å². The number of carbonyl (C=O) groups excluding carboxylic acids is 1. The Kier molecular flexibility index (Phi) is 3.72. The highest BCUT2D eigenvalue weighted by Gasteiger charge is 2.52. The number of hydrogen-bond donors (Lipinski definition) is 1. The van der Waals surface area contributed by atoms with E-state index in [1.165, 1.54) is 22.3 Å². The summed E-state index contributed by atoms with van der Waals surface area (Å²) in [6.45, 7) is 4.60.